The summed E-state index contributed by atoms with van der Waals surface area (Å²) in [5, 5.41) is 21.2. The third-order valence-electron chi connectivity index (χ3n) is 2.53. The summed E-state index contributed by atoms with van der Waals surface area (Å²) < 4.78 is 0. The van der Waals surface area contributed by atoms with E-state index < -0.39 is 0 Å². The highest BCUT2D eigenvalue weighted by atomic mass is 35.5. The first-order chi connectivity index (χ1) is 7.95. The Bertz CT molecular complexity index is 407. The van der Waals surface area contributed by atoms with Gasteiger partial charge in [0.15, 0.2) is 0 Å². The second kappa shape index (κ2) is 5.89. The Morgan fingerprint density at radius 2 is 2.12 bits per heavy atom. The number of halogens is 1. The largest absolute Gasteiger partial charge is 0.506 e. The summed E-state index contributed by atoms with van der Waals surface area (Å²) in [7, 11) is 0. The van der Waals surface area contributed by atoms with Gasteiger partial charge in [0, 0.05) is 5.56 Å². The second-order valence-corrected chi connectivity index (χ2v) is 4.58. The Morgan fingerprint density at radius 3 is 2.59 bits per heavy atom. The van der Waals surface area contributed by atoms with Crippen molar-refractivity contribution in [3.8, 4) is 5.75 Å². The van der Waals surface area contributed by atoms with Crippen LogP contribution in [0, 0.1) is 5.92 Å². The zero-order valence-corrected chi connectivity index (χ0v) is 10.5. The van der Waals surface area contributed by atoms with E-state index in [2.05, 4.69) is 5.32 Å². The Kier molecular flexibility index (Phi) is 4.78. The number of hydrogen-bond donors (Lipinski definition) is 3. The quantitative estimate of drug-likeness (QED) is 0.770. The normalized spacial score (nSPS) is 12.5. The Hall–Kier alpha value is -1.26. The number of hydrogen-bond acceptors (Lipinski definition) is 3. The van der Waals surface area contributed by atoms with Gasteiger partial charge < -0.3 is 15.5 Å². The molecule has 0 aliphatic rings. The highest BCUT2D eigenvalue weighted by Crippen LogP contribution is 2.23. The minimum atomic E-state index is -0.320. The van der Waals surface area contributed by atoms with E-state index in [4.69, 9.17) is 16.7 Å². The summed E-state index contributed by atoms with van der Waals surface area (Å²) in [5.74, 6) is -0.248. The molecule has 1 aromatic carbocycles. The van der Waals surface area contributed by atoms with Gasteiger partial charge in [0.1, 0.15) is 5.75 Å². The van der Waals surface area contributed by atoms with Crippen LogP contribution in [0.5, 0.6) is 5.75 Å². The molecule has 0 saturated heterocycles. The molecule has 1 amide bonds. The van der Waals surface area contributed by atoms with Crippen molar-refractivity contribution in [2.45, 2.75) is 19.9 Å². The molecule has 1 atom stereocenters. The van der Waals surface area contributed by atoms with Crippen molar-refractivity contribution in [1.29, 1.82) is 0 Å². The lowest BCUT2D eigenvalue weighted by Gasteiger charge is -2.19. The van der Waals surface area contributed by atoms with Crippen LogP contribution in [0.4, 0.5) is 0 Å². The van der Waals surface area contributed by atoms with Gasteiger partial charge in [0.25, 0.3) is 5.91 Å². The van der Waals surface area contributed by atoms with Crippen molar-refractivity contribution >= 4 is 17.5 Å². The molecule has 4 nitrogen and oxygen atoms in total. The number of benzene rings is 1. The molecule has 0 bridgehead atoms. The molecule has 0 aliphatic heterocycles. The van der Waals surface area contributed by atoms with Gasteiger partial charge in [-0.15, -0.1) is 0 Å². The molecular formula is C12H16ClNO3. The lowest BCUT2D eigenvalue weighted by Crippen LogP contribution is -2.41. The summed E-state index contributed by atoms with van der Waals surface area (Å²) in [6.45, 7) is 3.70. The summed E-state index contributed by atoms with van der Waals surface area (Å²) in [4.78, 5) is 11.8. The zero-order chi connectivity index (χ0) is 13.0. The molecule has 5 heteroatoms. The zero-order valence-electron chi connectivity index (χ0n) is 9.77. The van der Waals surface area contributed by atoms with Gasteiger partial charge in [-0.2, -0.15) is 0 Å². The maximum absolute atomic E-state index is 11.8. The second-order valence-electron chi connectivity index (χ2n) is 4.17. The van der Waals surface area contributed by atoms with E-state index in [1.807, 2.05) is 13.8 Å². The van der Waals surface area contributed by atoms with E-state index in [0.717, 1.165) is 0 Å². The highest BCUT2D eigenvalue weighted by Gasteiger charge is 2.16. The lowest BCUT2D eigenvalue weighted by molar-refractivity contribution is 0.0897. The van der Waals surface area contributed by atoms with Gasteiger partial charge in [0.05, 0.1) is 17.7 Å². The van der Waals surface area contributed by atoms with Crippen LogP contribution in [0.1, 0.15) is 24.2 Å². The number of aliphatic hydroxyl groups is 1. The monoisotopic (exact) mass is 257 g/mol. The molecule has 0 saturated carbocycles. The number of nitrogens with one attached hydrogen (secondary N) is 1. The van der Waals surface area contributed by atoms with Crippen molar-refractivity contribution in [3.05, 3.63) is 28.8 Å². The smallest absolute Gasteiger partial charge is 0.251 e. The molecule has 0 heterocycles. The van der Waals surface area contributed by atoms with Crippen molar-refractivity contribution in [1.82, 2.24) is 5.32 Å². The number of phenols is 1. The van der Waals surface area contributed by atoms with Crippen LogP contribution in [0.2, 0.25) is 5.02 Å². The number of rotatable bonds is 4. The number of carbonyl (C=O) groups is 1. The van der Waals surface area contributed by atoms with Gasteiger partial charge in [-0.1, -0.05) is 25.4 Å². The number of aliphatic hydroxyl groups excluding tert-OH is 1. The molecule has 1 rings (SSSR count). The van der Waals surface area contributed by atoms with E-state index in [1.165, 1.54) is 18.2 Å². The Labute approximate surface area is 105 Å². The van der Waals surface area contributed by atoms with E-state index >= 15 is 0 Å². The van der Waals surface area contributed by atoms with Crippen LogP contribution >= 0.6 is 11.6 Å². The number of phenolic OH excluding ortho intramolecular Hbond substituents is 1. The van der Waals surface area contributed by atoms with Crippen LogP contribution in [-0.4, -0.2) is 28.8 Å². The Morgan fingerprint density at radius 1 is 1.47 bits per heavy atom. The first kappa shape index (κ1) is 13.8. The van der Waals surface area contributed by atoms with Crippen LogP contribution in [0.3, 0.4) is 0 Å². The third-order valence-corrected chi connectivity index (χ3v) is 2.83. The van der Waals surface area contributed by atoms with E-state index in [0.29, 0.717) is 5.56 Å². The first-order valence-corrected chi connectivity index (χ1v) is 5.73. The van der Waals surface area contributed by atoms with E-state index in [-0.39, 0.29) is 35.2 Å². The van der Waals surface area contributed by atoms with Gasteiger partial charge in [-0.3, -0.25) is 4.79 Å². The average Bonchev–Trinajstić information content (AvgIpc) is 2.28. The van der Waals surface area contributed by atoms with Crippen molar-refractivity contribution in [2.75, 3.05) is 6.61 Å². The molecule has 17 heavy (non-hydrogen) atoms. The van der Waals surface area contributed by atoms with Crippen LogP contribution in [0.15, 0.2) is 18.2 Å². The fourth-order valence-corrected chi connectivity index (χ4v) is 1.50. The summed E-state index contributed by atoms with van der Waals surface area (Å²) in [6.07, 6.45) is 0. The molecular weight excluding hydrogens is 242 g/mol. The van der Waals surface area contributed by atoms with Crippen LogP contribution in [-0.2, 0) is 0 Å². The topological polar surface area (TPSA) is 69.6 Å². The molecule has 94 valence electrons. The highest BCUT2D eigenvalue weighted by molar-refractivity contribution is 6.32. The standard InChI is InChI=1S/C12H16ClNO3/c1-7(2)10(6-15)14-12(17)8-3-4-11(16)9(13)5-8/h3-5,7,10,15-16H,6H2,1-2H3,(H,14,17). The molecule has 0 aliphatic carbocycles. The molecule has 0 spiro atoms. The third kappa shape index (κ3) is 3.61. The van der Waals surface area contributed by atoms with Crippen molar-refractivity contribution in [3.63, 3.8) is 0 Å². The van der Waals surface area contributed by atoms with Gasteiger partial charge in [0.2, 0.25) is 0 Å². The maximum Gasteiger partial charge on any atom is 0.251 e. The van der Waals surface area contributed by atoms with Crippen molar-refractivity contribution in [2.24, 2.45) is 5.92 Å². The minimum Gasteiger partial charge on any atom is -0.506 e. The van der Waals surface area contributed by atoms with Gasteiger partial charge in [-0.25, -0.2) is 0 Å². The molecule has 1 aromatic rings. The molecule has 0 radical (unpaired) electrons. The van der Waals surface area contributed by atoms with Crippen molar-refractivity contribution < 1.29 is 15.0 Å². The number of amides is 1. The fraction of sp³-hybridized carbons (Fsp3) is 0.417. The van der Waals surface area contributed by atoms with Gasteiger partial charge in [-0.05, 0) is 24.1 Å². The Balaban J connectivity index is 2.79. The predicted octanol–water partition coefficient (Wildman–Crippen LogP) is 1.79. The molecule has 0 fully saturated rings. The summed E-state index contributed by atoms with van der Waals surface area (Å²) in [6, 6.07) is 3.93. The first-order valence-electron chi connectivity index (χ1n) is 5.36. The van der Waals surface area contributed by atoms with Crippen LogP contribution in [0.25, 0.3) is 0 Å². The van der Waals surface area contributed by atoms with E-state index in [9.17, 15) is 9.90 Å². The molecule has 3 N–H and O–H groups in total. The summed E-state index contributed by atoms with van der Waals surface area (Å²) >= 11 is 5.71. The maximum atomic E-state index is 11.8. The van der Waals surface area contributed by atoms with Crippen LogP contribution < -0.4 is 5.32 Å². The lowest BCUT2D eigenvalue weighted by atomic mass is 10.0. The average molecular weight is 258 g/mol. The predicted molar refractivity (Wildman–Crippen MR) is 66.3 cm³/mol. The molecule has 1 unspecified atom stereocenters. The number of aromatic hydroxyl groups is 1. The van der Waals surface area contributed by atoms with E-state index in [1.54, 1.807) is 0 Å². The molecule has 0 aromatic heterocycles. The minimum absolute atomic E-state index is 0.0641. The summed E-state index contributed by atoms with van der Waals surface area (Å²) in [5.41, 5.74) is 0.354. The fourth-order valence-electron chi connectivity index (χ4n) is 1.32. The number of carbonyl (C=O) groups excluding carboxylic acids is 1. The SMILES string of the molecule is CC(C)C(CO)NC(=O)c1ccc(O)c(Cl)c1. The van der Waals surface area contributed by atoms with Gasteiger partial charge >= 0.3 is 0 Å².